The van der Waals surface area contributed by atoms with Crippen molar-refractivity contribution < 1.29 is 4.79 Å². The summed E-state index contributed by atoms with van der Waals surface area (Å²) in [6, 6.07) is 13.2. The second-order valence-electron chi connectivity index (χ2n) is 6.19. The van der Waals surface area contributed by atoms with Crippen molar-refractivity contribution in [1.29, 1.82) is 0 Å². The molecule has 7 nitrogen and oxygen atoms in total. The fourth-order valence-corrected chi connectivity index (χ4v) is 2.66. The average molecular weight is 362 g/mol. The average Bonchev–Trinajstić information content (AvgIpc) is 2.65. The van der Waals surface area contributed by atoms with Gasteiger partial charge in [0.1, 0.15) is 23.8 Å². The minimum atomic E-state index is -0.0798. The van der Waals surface area contributed by atoms with Crippen molar-refractivity contribution in [2.75, 3.05) is 23.7 Å². The number of rotatable bonds is 7. The van der Waals surface area contributed by atoms with Gasteiger partial charge in [-0.1, -0.05) is 23.3 Å². The van der Waals surface area contributed by atoms with E-state index in [0.29, 0.717) is 36.1 Å². The highest BCUT2D eigenvalue weighted by Crippen LogP contribution is 2.13. The summed E-state index contributed by atoms with van der Waals surface area (Å²) in [5, 5.41) is 9.19. The van der Waals surface area contributed by atoms with Gasteiger partial charge in [-0.3, -0.25) is 4.79 Å². The zero-order chi connectivity index (χ0) is 19.1. The van der Waals surface area contributed by atoms with Crippen LogP contribution in [-0.4, -0.2) is 33.9 Å². The van der Waals surface area contributed by atoms with Crippen molar-refractivity contribution in [3.8, 4) is 0 Å². The summed E-state index contributed by atoms with van der Waals surface area (Å²) in [6.07, 6.45) is 3.18. The van der Waals surface area contributed by atoms with E-state index in [1.165, 1.54) is 6.33 Å². The Morgan fingerprint density at radius 3 is 2.41 bits per heavy atom. The molecular formula is C20H22N6O. The van der Waals surface area contributed by atoms with Crippen LogP contribution in [0.2, 0.25) is 0 Å². The van der Waals surface area contributed by atoms with Gasteiger partial charge in [0.2, 0.25) is 0 Å². The Morgan fingerprint density at radius 1 is 0.889 bits per heavy atom. The molecule has 0 aliphatic rings. The van der Waals surface area contributed by atoms with Crippen molar-refractivity contribution in [3.05, 3.63) is 71.7 Å². The van der Waals surface area contributed by atoms with Crippen LogP contribution < -0.4 is 16.0 Å². The molecule has 0 radical (unpaired) electrons. The van der Waals surface area contributed by atoms with E-state index in [2.05, 4.69) is 30.9 Å². The predicted molar refractivity (Wildman–Crippen MR) is 106 cm³/mol. The van der Waals surface area contributed by atoms with E-state index in [1.54, 1.807) is 12.3 Å². The molecule has 3 aromatic rings. The molecule has 3 rings (SSSR count). The molecule has 0 aliphatic carbocycles. The molecule has 0 saturated heterocycles. The van der Waals surface area contributed by atoms with E-state index in [1.807, 2.05) is 50.2 Å². The van der Waals surface area contributed by atoms with Gasteiger partial charge in [-0.25, -0.2) is 15.0 Å². The fraction of sp³-hybridized carbons (Fsp3) is 0.200. The van der Waals surface area contributed by atoms with E-state index in [4.69, 9.17) is 0 Å². The van der Waals surface area contributed by atoms with Crippen molar-refractivity contribution in [3.63, 3.8) is 0 Å². The minimum absolute atomic E-state index is 0.0798. The first-order valence-corrected chi connectivity index (χ1v) is 8.70. The molecule has 138 valence electrons. The van der Waals surface area contributed by atoms with Gasteiger partial charge in [0.05, 0.1) is 0 Å². The lowest BCUT2D eigenvalue weighted by atomic mass is 10.1. The van der Waals surface area contributed by atoms with E-state index in [9.17, 15) is 4.79 Å². The molecule has 0 spiro atoms. The molecule has 0 saturated carbocycles. The number of nitrogens with one attached hydrogen (secondary N) is 3. The molecule has 0 unspecified atom stereocenters. The Morgan fingerprint density at radius 2 is 1.67 bits per heavy atom. The van der Waals surface area contributed by atoms with Crippen LogP contribution in [0.4, 0.5) is 17.5 Å². The summed E-state index contributed by atoms with van der Waals surface area (Å²) in [6.45, 7) is 5.00. The Labute approximate surface area is 158 Å². The number of hydrogen-bond acceptors (Lipinski definition) is 6. The molecule has 1 aromatic carbocycles. The van der Waals surface area contributed by atoms with Crippen molar-refractivity contribution in [2.45, 2.75) is 13.8 Å². The minimum Gasteiger partial charge on any atom is -0.368 e. The first-order chi connectivity index (χ1) is 13.1. The molecule has 0 aliphatic heterocycles. The number of amides is 1. The van der Waals surface area contributed by atoms with Crippen LogP contribution in [-0.2, 0) is 0 Å². The topological polar surface area (TPSA) is 91.8 Å². The molecule has 0 atom stereocenters. The van der Waals surface area contributed by atoms with Gasteiger partial charge in [0, 0.05) is 30.9 Å². The van der Waals surface area contributed by atoms with Gasteiger partial charge in [-0.05, 0) is 38.1 Å². The standard InChI is InChI=1S/C20H22N6O/c1-14-9-15(2)11-16(10-14)20(27)23-8-7-22-18-12-19(25-13-24-18)26-17-5-3-4-6-21-17/h3-6,9-13H,7-8H2,1-2H3,(H,23,27)(H2,21,22,24,25,26). The van der Waals surface area contributed by atoms with Crippen LogP contribution in [0.25, 0.3) is 0 Å². The number of hydrogen-bond donors (Lipinski definition) is 3. The highest BCUT2D eigenvalue weighted by atomic mass is 16.1. The van der Waals surface area contributed by atoms with Gasteiger partial charge in [-0.2, -0.15) is 0 Å². The zero-order valence-corrected chi connectivity index (χ0v) is 15.4. The normalized spacial score (nSPS) is 10.3. The van der Waals surface area contributed by atoms with E-state index in [0.717, 1.165) is 11.1 Å². The van der Waals surface area contributed by atoms with Gasteiger partial charge >= 0.3 is 0 Å². The molecule has 0 bridgehead atoms. The Kier molecular flexibility index (Phi) is 5.94. The monoisotopic (exact) mass is 362 g/mol. The van der Waals surface area contributed by atoms with Crippen molar-refractivity contribution in [2.24, 2.45) is 0 Å². The van der Waals surface area contributed by atoms with Gasteiger partial charge in [0.15, 0.2) is 0 Å². The molecule has 7 heteroatoms. The number of carbonyl (C=O) groups is 1. The molecule has 2 aromatic heterocycles. The number of aromatic nitrogens is 3. The number of anilines is 3. The Hall–Kier alpha value is -3.48. The molecule has 1 amide bonds. The maximum Gasteiger partial charge on any atom is 0.251 e. The maximum atomic E-state index is 12.2. The second-order valence-corrected chi connectivity index (χ2v) is 6.19. The zero-order valence-electron chi connectivity index (χ0n) is 15.4. The summed E-state index contributed by atoms with van der Waals surface area (Å²) in [7, 11) is 0. The first-order valence-electron chi connectivity index (χ1n) is 8.70. The van der Waals surface area contributed by atoms with Crippen LogP contribution >= 0.6 is 0 Å². The summed E-state index contributed by atoms with van der Waals surface area (Å²) in [5.74, 6) is 1.95. The third kappa shape index (κ3) is 5.50. The predicted octanol–water partition coefficient (Wildman–Crippen LogP) is 3.07. The lowest BCUT2D eigenvalue weighted by Gasteiger charge is -2.10. The van der Waals surface area contributed by atoms with Gasteiger partial charge in [0.25, 0.3) is 5.91 Å². The molecule has 3 N–H and O–H groups in total. The molecule has 0 fully saturated rings. The summed E-state index contributed by atoms with van der Waals surface area (Å²) in [5.41, 5.74) is 2.83. The third-order valence-electron chi connectivity index (χ3n) is 3.79. The molecule has 27 heavy (non-hydrogen) atoms. The second kappa shape index (κ2) is 8.75. The fourth-order valence-electron chi connectivity index (χ4n) is 2.66. The summed E-state index contributed by atoms with van der Waals surface area (Å²) >= 11 is 0. The van der Waals surface area contributed by atoms with Crippen LogP contribution in [0.15, 0.2) is 55.0 Å². The van der Waals surface area contributed by atoms with Crippen molar-refractivity contribution in [1.82, 2.24) is 20.3 Å². The van der Waals surface area contributed by atoms with E-state index >= 15 is 0 Å². The SMILES string of the molecule is Cc1cc(C)cc(C(=O)NCCNc2cc(Nc3ccccn3)ncn2)c1. The Balaban J connectivity index is 1.49. The Bertz CT molecular complexity index is 893. The maximum absolute atomic E-state index is 12.2. The number of carbonyl (C=O) groups excluding carboxylic acids is 1. The number of aryl methyl sites for hydroxylation is 2. The van der Waals surface area contributed by atoms with Gasteiger partial charge < -0.3 is 16.0 Å². The highest BCUT2D eigenvalue weighted by Gasteiger charge is 2.06. The van der Waals surface area contributed by atoms with Crippen LogP contribution in [0.5, 0.6) is 0 Å². The summed E-state index contributed by atoms with van der Waals surface area (Å²) < 4.78 is 0. The largest absolute Gasteiger partial charge is 0.368 e. The number of benzene rings is 1. The highest BCUT2D eigenvalue weighted by molar-refractivity contribution is 5.94. The van der Waals surface area contributed by atoms with Crippen LogP contribution in [0.1, 0.15) is 21.5 Å². The lowest BCUT2D eigenvalue weighted by Crippen LogP contribution is -2.29. The number of nitrogens with zero attached hydrogens (tertiary/aromatic N) is 3. The van der Waals surface area contributed by atoms with E-state index in [-0.39, 0.29) is 5.91 Å². The molecule has 2 heterocycles. The quantitative estimate of drug-likeness (QED) is 0.560. The first kappa shape index (κ1) is 18.3. The third-order valence-corrected chi connectivity index (χ3v) is 3.79. The number of pyridine rings is 1. The van der Waals surface area contributed by atoms with E-state index < -0.39 is 0 Å². The lowest BCUT2D eigenvalue weighted by molar-refractivity contribution is 0.0955. The van der Waals surface area contributed by atoms with Crippen LogP contribution in [0, 0.1) is 13.8 Å². The smallest absolute Gasteiger partial charge is 0.251 e. The van der Waals surface area contributed by atoms with Crippen LogP contribution in [0.3, 0.4) is 0 Å². The van der Waals surface area contributed by atoms with Gasteiger partial charge in [-0.15, -0.1) is 0 Å². The summed E-state index contributed by atoms with van der Waals surface area (Å²) in [4.78, 5) is 24.8. The van der Waals surface area contributed by atoms with Crippen molar-refractivity contribution >= 4 is 23.4 Å². The molecular weight excluding hydrogens is 340 g/mol.